The van der Waals surface area contributed by atoms with E-state index in [2.05, 4.69) is 20.3 Å². The zero-order valence-corrected chi connectivity index (χ0v) is 16.5. The van der Waals surface area contributed by atoms with Crippen LogP contribution in [0.15, 0.2) is 58.7 Å². The van der Waals surface area contributed by atoms with Gasteiger partial charge in [-0.3, -0.25) is 9.59 Å². The first-order valence-electron chi connectivity index (χ1n) is 9.00. The molecule has 0 aliphatic heterocycles. The number of nitrogens with zero attached hydrogens (tertiary/aromatic N) is 2. The maximum absolute atomic E-state index is 12.3. The topological polar surface area (TPSA) is 97.0 Å². The van der Waals surface area contributed by atoms with E-state index in [1.165, 1.54) is 11.3 Å². The van der Waals surface area contributed by atoms with Gasteiger partial charge in [-0.25, -0.2) is 9.97 Å². The van der Waals surface area contributed by atoms with Gasteiger partial charge in [0.25, 0.3) is 5.56 Å². The minimum absolute atomic E-state index is 0.145. The fraction of sp³-hybridized carbons (Fsp3) is 0.143. The number of hydrogen-bond acceptors (Lipinski definition) is 6. The Morgan fingerprint density at radius 2 is 1.93 bits per heavy atom. The van der Waals surface area contributed by atoms with Crippen molar-refractivity contribution < 1.29 is 9.53 Å². The summed E-state index contributed by atoms with van der Waals surface area (Å²) in [5.41, 5.74) is 3.17. The van der Waals surface area contributed by atoms with Gasteiger partial charge in [0, 0.05) is 23.8 Å². The number of fused-ring (bicyclic) bond motifs is 1. The van der Waals surface area contributed by atoms with Crippen molar-refractivity contribution in [3.63, 3.8) is 0 Å². The van der Waals surface area contributed by atoms with Gasteiger partial charge in [0.2, 0.25) is 5.91 Å². The lowest BCUT2D eigenvalue weighted by Gasteiger charge is -2.03. The van der Waals surface area contributed by atoms with Crippen LogP contribution in [0.4, 0.5) is 5.13 Å². The molecule has 0 aliphatic rings. The molecule has 1 amide bonds. The lowest BCUT2D eigenvalue weighted by molar-refractivity contribution is -0.116. The quantitative estimate of drug-likeness (QED) is 0.510. The van der Waals surface area contributed by atoms with Crippen molar-refractivity contribution in [2.24, 2.45) is 0 Å². The molecule has 4 aromatic rings. The molecule has 29 heavy (non-hydrogen) atoms. The summed E-state index contributed by atoms with van der Waals surface area (Å²) in [5.74, 6) is 0.560. The number of amides is 1. The molecule has 0 atom stereocenters. The molecular weight excluding hydrogens is 388 g/mol. The van der Waals surface area contributed by atoms with E-state index in [4.69, 9.17) is 4.74 Å². The molecule has 4 rings (SSSR count). The highest BCUT2D eigenvalue weighted by atomic mass is 32.1. The SMILES string of the molecule is COc1ccc(-c2csc(NC(=O)CCc3nc4ccccc4[nH]c3=O)n2)cc1. The Labute approximate surface area is 170 Å². The van der Waals surface area contributed by atoms with Gasteiger partial charge in [-0.1, -0.05) is 12.1 Å². The number of ether oxygens (including phenoxy) is 1. The molecule has 0 saturated carbocycles. The lowest BCUT2D eigenvalue weighted by Crippen LogP contribution is -2.18. The molecule has 2 N–H and O–H groups in total. The van der Waals surface area contributed by atoms with Crippen LogP contribution in [0.25, 0.3) is 22.3 Å². The smallest absolute Gasteiger partial charge is 0.270 e. The molecule has 7 nitrogen and oxygen atoms in total. The Morgan fingerprint density at radius 3 is 2.72 bits per heavy atom. The number of H-pyrrole nitrogens is 1. The Morgan fingerprint density at radius 1 is 1.14 bits per heavy atom. The Hall–Kier alpha value is -3.52. The summed E-state index contributed by atoms with van der Waals surface area (Å²) in [6, 6.07) is 14.9. The summed E-state index contributed by atoms with van der Waals surface area (Å²) in [5, 5.41) is 5.18. The van der Waals surface area contributed by atoms with Crippen molar-refractivity contribution >= 4 is 33.4 Å². The van der Waals surface area contributed by atoms with E-state index in [0.717, 1.165) is 17.0 Å². The number of thiazole rings is 1. The van der Waals surface area contributed by atoms with E-state index in [9.17, 15) is 9.59 Å². The molecule has 0 spiro atoms. The van der Waals surface area contributed by atoms with Gasteiger partial charge in [0.1, 0.15) is 11.4 Å². The number of aromatic amines is 1. The minimum Gasteiger partial charge on any atom is -0.497 e. The first-order chi connectivity index (χ1) is 14.1. The number of aryl methyl sites for hydroxylation is 1. The standard InChI is InChI=1S/C21H18N4O3S/c1-28-14-8-6-13(7-9-14)18-12-29-21(24-18)25-19(26)11-10-17-20(27)23-16-5-3-2-4-15(16)22-17/h2-9,12H,10-11H2,1H3,(H,23,27)(H,24,25,26). The number of hydrogen-bond donors (Lipinski definition) is 2. The van der Waals surface area contributed by atoms with Crippen molar-refractivity contribution in [1.82, 2.24) is 15.0 Å². The van der Waals surface area contributed by atoms with Crippen molar-refractivity contribution in [1.29, 1.82) is 0 Å². The predicted molar refractivity (Wildman–Crippen MR) is 113 cm³/mol. The van der Waals surface area contributed by atoms with Gasteiger partial charge in [-0.05, 0) is 36.4 Å². The average molecular weight is 406 g/mol. The van der Waals surface area contributed by atoms with Crippen LogP contribution in [0, 0.1) is 0 Å². The maximum atomic E-state index is 12.3. The lowest BCUT2D eigenvalue weighted by atomic mass is 10.2. The number of benzene rings is 2. The van der Waals surface area contributed by atoms with Crippen molar-refractivity contribution in [3.05, 3.63) is 70.0 Å². The molecule has 0 bridgehead atoms. The molecule has 0 unspecified atom stereocenters. The van der Waals surface area contributed by atoms with E-state index in [1.807, 2.05) is 47.8 Å². The van der Waals surface area contributed by atoms with Crippen LogP contribution in [0.5, 0.6) is 5.75 Å². The second kappa shape index (κ2) is 8.24. The van der Waals surface area contributed by atoms with Crippen LogP contribution in [0.3, 0.4) is 0 Å². The van der Waals surface area contributed by atoms with Gasteiger partial charge < -0.3 is 15.0 Å². The predicted octanol–water partition coefficient (Wildman–Crippen LogP) is 3.63. The second-order valence-corrected chi connectivity index (χ2v) is 7.20. The average Bonchev–Trinajstić information content (AvgIpc) is 3.20. The molecular formula is C21H18N4O3S. The summed E-state index contributed by atoms with van der Waals surface area (Å²) in [4.78, 5) is 36.0. The third-order valence-corrected chi connectivity index (χ3v) is 5.15. The highest BCUT2D eigenvalue weighted by Crippen LogP contribution is 2.26. The van der Waals surface area contributed by atoms with Crippen molar-refractivity contribution in [2.75, 3.05) is 12.4 Å². The fourth-order valence-corrected chi connectivity index (χ4v) is 3.61. The summed E-state index contributed by atoms with van der Waals surface area (Å²) in [7, 11) is 1.62. The third kappa shape index (κ3) is 4.33. The Kier molecular flexibility index (Phi) is 5.35. The molecule has 146 valence electrons. The number of aromatic nitrogens is 3. The molecule has 2 aromatic carbocycles. The van der Waals surface area contributed by atoms with Crippen LogP contribution in [-0.2, 0) is 11.2 Å². The zero-order valence-electron chi connectivity index (χ0n) is 15.6. The van der Waals surface area contributed by atoms with E-state index in [1.54, 1.807) is 13.2 Å². The summed E-state index contributed by atoms with van der Waals surface area (Å²) in [6.07, 6.45) is 0.397. The highest BCUT2D eigenvalue weighted by molar-refractivity contribution is 7.14. The van der Waals surface area contributed by atoms with Crippen molar-refractivity contribution in [2.45, 2.75) is 12.8 Å². The number of carbonyl (C=O) groups is 1. The monoisotopic (exact) mass is 406 g/mol. The summed E-state index contributed by atoms with van der Waals surface area (Å²) < 4.78 is 5.15. The zero-order chi connectivity index (χ0) is 20.2. The van der Waals surface area contributed by atoms with Gasteiger partial charge >= 0.3 is 0 Å². The number of methoxy groups -OCH3 is 1. The molecule has 2 aromatic heterocycles. The maximum Gasteiger partial charge on any atom is 0.270 e. The fourth-order valence-electron chi connectivity index (χ4n) is 2.88. The largest absolute Gasteiger partial charge is 0.497 e. The van der Waals surface area contributed by atoms with E-state index < -0.39 is 0 Å². The van der Waals surface area contributed by atoms with Crippen LogP contribution in [0.2, 0.25) is 0 Å². The van der Waals surface area contributed by atoms with Gasteiger partial charge in [0.15, 0.2) is 5.13 Å². The third-order valence-electron chi connectivity index (χ3n) is 4.39. The van der Waals surface area contributed by atoms with Crippen LogP contribution < -0.4 is 15.6 Å². The van der Waals surface area contributed by atoms with Gasteiger partial charge in [-0.2, -0.15) is 0 Å². The normalized spacial score (nSPS) is 10.8. The molecule has 2 heterocycles. The highest BCUT2D eigenvalue weighted by Gasteiger charge is 2.11. The first-order valence-corrected chi connectivity index (χ1v) is 9.88. The first kappa shape index (κ1) is 18.8. The van der Waals surface area contributed by atoms with Gasteiger partial charge in [-0.15, -0.1) is 11.3 Å². The summed E-state index contributed by atoms with van der Waals surface area (Å²) >= 11 is 1.35. The van der Waals surface area contributed by atoms with Crippen LogP contribution in [-0.4, -0.2) is 28.0 Å². The van der Waals surface area contributed by atoms with E-state index in [0.29, 0.717) is 21.9 Å². The number of para-hydroxylation sites is 2. The van der Waals surface area contributed by atoms with E-state index >= 15 is 0 Å². The molecule has 8 heteroatoms. The van der Waals surface area contributed by atoms with E-state index in [-0.39, 0.29) is 24.3 Å². The Balaban J connectivity index is 1.39. The number of rotatable bonds is 6. The van der Waals surface area contributed by atoms with Crippen LogP contribution >= 0.6 is 11.3 Å². The molecule has 0 saturated heterocycles. The molecule has 0 fully saturated rings. The summed E-state index contributed by atoms with van der Waals surface area (Å²) in [6.45, 7) is 0. The molecule has 0 radical (unpaired) electrons. The number of nitrogens with one attached hydrogen (secondary N) is 2. The molecule has 0 aliphatic carbocycles. The van der Waals surface area contributed by atoms with Gasteiger partial charge in [0.05, 0.1) is 23.8 Å². The number of anilines is 1. The minimum atomic E-state index is -0.271. The van der Waals surface area contributed by atoms with Crippen LogP contribution in [0.1, 0.15) is 12.1 Å². The number of carbonyl (C=O) groups excluding carboxylic acids is 1. The van der Waals surface area contributed by atoms with Crippen molar-refractivity contribution in [3.8, 4) is 17.0 Å². The second-order valence-electron chi connectivity index (χ2n) is 6.34. The Bertz CT molecular complexity index is 1210.